The maximum absolute atomic E-state index is 3.72. The van der Waals surface area contributed by atoms with Crippen molar-refractivity contribution in [1.29, 1.82) is 0 Å². The lowest BCUT2D eigenvalue weighted by Crippen LogP contribution is -2.56. The first-order valence-corrected chi connectivity index (χ1v) is 7.38. The number of piperidine rings is 1. The fraction of sp³-hybridized carbons (Fsp3) is 0.867. The standard InChI is InChI=1S/C15H28N2/c1-4-10-16-15-9-11-17(13(3)12(15)2)14-7-5-6-8-14/h5-6,12-16H,4,7-11H2,1-3H3. The summed E-state index contributed by atoms with van der Waals surface area (Å²) in [5.41, 5.74) is 0. The van der Waals surface area contributed by atoms with Crippen LogP contribution >= 0.6 is 0 Å². The first-order valence-electron chi connectivity index (χ1n) is 7.38. The van der Waals surface area contributed by atoms with Crippen LogP contribution in [0.15, 0.2) is 12.2 Å². The van der Waals surface area contributed by atoms with Crippen LogP contribution in [0.5, 0.6) is 0 Å². The summed E-state index contributed by atoms with van der Waals surface area (Å²) in [5, 5.41) is 3.72. The molecule has 0 saturated carbocycles. The summed E-state index contributed by atoms with van der Waals surface area (Å²) >= 11 is 0. The number of hydrogen-bond acceptors (Lipinski definition) is 2. The second-order valence-corrected chi connectivity index (χ2v) is 5.78. The molecule has 0 aromatic heterocycles. The zero-order valence-corrected chi connectivity index (χ0v) is 11.7. The highest BCUT2D eigenvalue weighted by Gasteiger charge is 2.35. The third-order valence-corrected chi connectivity index (χ3v) is 4.73. The molecule has 1 aliphatic carbocycles. The average molecular weight is 236 g/mol. The number of rotatable bonds is 4. The van der Waals surface area contributed by atoms with E-state index in [4.69, 9.17) is 0 Å². The monoisotopic (exact) mass is 236 g/mol. The van der Waals surface area contributed by atoms with E-state index in [0.29, 0.717) is 0 Å². The van der Waals surface area contributed by atoms with Crippen LogP contribution in [-0.2, 0) is 0 Å². The molecule has 0 aromatic rings. The van der Waals surface area contributed by atoms with E-state index in [1.807, 2.05) is 0 Å². The van der Waals surface area contributed by atoms with Gasteiger partial charge in [0.1, 0.15) is 0 Å². The minimum Gasteiger partial charge on any atom is -0.314 e. The van der Waals surface area contributed by atoms with Crippen LogP contribution in [0.1, 0.15) is 46.5 Å². The van der Waals surface area contributed by atoms with Crippen LogP contribution in [-0.4, -0.2) is 36.1 Å². The molecule has 2 heteroatoms. The molecule has 17 heavy (non-hydrogen) atoms. The normalized spacial score (nSPS) is 35.6. The van der Waals surface area contributed by atoms with Gasteiger partial charge in [-0.05, 0) is 45.1 Å². The third kappa shape index (κ3) is 2.92. The molecule has 1 aliphatic heterocycles. The maximum Gasteiger partial charge on any atom is 0.0167 e. The van der Waals surface area contributed by atoms with Crippen LogP contribution in [0.3, 0.4) is 0 Å². The quantitative estimate of drug-likeness (QED) is 0.755. The molecular weight excluding hydrogens is 208 g/mol. The summed E-state index contributed by atoms with van der Waals surface area (Å²) in [4.78, 5) is 2.74. The van der Waals surface area contributed by atoms with Crippen molar-refractivity contribution >= 4 is 0 Å². The van der Waals surface area contributed by atoms with Crippen LogP contribution in [0.4, 0.5) is 0 Å². The van der Waals surface area contributed by atoms with Gasteiger partial charge in [-0.25, -0.2) is 0 Å². The van der Waals surface area contributed by atoms with Gasteiger partial charge in [-0.3, -0.25) is 4.90 Å². The molecule has 1 N–H and O–H groups in total. The zero-order chi connectivity index (χ0) is 12.3. The van der Waals surface area contributed by atoms with Gasteiger partial charge in [0.25, 0.3) is 0 Å². The van der Waals surface area contributed by atoms with E-state index in [1.165, 1.54) is 38.8 Å². The molecule has 0 bridgehead atoms. The molecule has 1 fully saturated rings. The minimum atomic E-state index is 0.725. The smallest absolute Gasteiger partial charge is 0.0167 e. The van der Waals surface area contributed by atoms with Gasteiger partial charge in [-0.15, -0.1) is 0 Å². The molecule has 0 aromatic carbocycles. The van der Waals surface area contributed by atoms with Crippen molar-refractivity contribution < 1.29 is 0 Å². The fourth-order valence-electron chi connectivity index (χ4n) is 3.40. The Labute approximate surface area is 106 Å². The first-order chi connectivity index (χ1) is 8.24. The highest BCUT2D eigenvalue weighted by Crippen LogP contribution is 2.29. The molecule has 1 saturated heterocycles. The second-order valence-electron chi connectivity index (χ2n) is 5.78. The van der Waals surface area contributed by atoms with Crippen molar-refractivity contribution in [3.8, 4) is 0 Å². The summed E-state index contributed by atoms with van der Waals surface area (Å²) in [7, 11) is 0. The maximum atomic E-state index is 3.72. The van der Waals surface area contributed by atoms with E-state index in [-0.39, 0.29) is 0 Å². The van der Waals surface area contributed by atoms with E-state index in [0.717, 1.165) is 24.0 Å². The molecule has 2 rings (SSSR count). The lowest BCUT2D eigenvalue weighted by molar-refractivity contribution is 0.0509. The predicted octanol–water partition coefficient (Wildman–Crippen LogP) is 2.80. The number of nitrogens with zero attached hydrogens (tertiary/aromatic N) is 1. The fourth-order valence-corrected chi connectivity index (χ4v) is 3.40. The summed E-state index contributed by atoms with van der Waals surface area (Å²) in [6.07, 6.45) is 9.80. The molecule has 2 nitrogen and oxygen atoms in total. The SMILES string of the molecule is CCCNC1CCN(C2CC=CC2)C(C)C1C. The Hall–Kier alpha value is -0.340. The van der Waals surface area contributed by atoms with Crippen molar-refractivity contribution in [2.24, 2.45) is 5.92 Å². The van der Waals surface area contributed by atoms with Crippen molar-refractivity contribution in [2.45, 2.75) is 64.6 Å². The highest BCUT2D eigenvalue weighted by atomic mass is 15.2. The van der Waals surface area contributed by atoms with Crippen LogP contribution in [0, 0.1) is 5.92 Å². The number of nitrogens with one attached hydrogen (secondary N) is 1. The minimum absolute atomic E-state index is 0.725. The molecule has 98 valence electrons. The van der Waals surface area contributed by atoms with Gasteiger partial charge >= 0.3 is 0 Å². The number of hydrogen-bond donors (Lipinski definition) is 1. The number of likely N-dealkylation sites (tertiary alicyclic amines) is 1. The van der Waals surface area contributed by atoms with Crippen LogP contribution in [0.25, 0.3) is 0 Å². The molecular formula is C15H28N2. The van der Waals surface area contributed by atoms with Gasteiger partial charge in [0.2, 0.25) is 0 Å². The summed E-state index contributed by atoms with van der Waals surface area (Å²) < 4.78 is 0. The summed E-state index contributed by atoms with van der Waals surface area (Å²) in [6, 6.07) is 2.25. The Kier molecular flexibility index (Phi) is 4.63. The Morgan fingerprint density at radius 2 is 1.94 bits per heavy atom. The molecule has 3 unspecified atom stereocenters. The molecule has 1 heterocycles. The third-order valence-electron chi connectivity index (χ3n) is 4.73. The lowest BCUT2D eigenvalue weighted by Gasteiger charge is -2.46. The Morgan fingerprint density at radius 3 is 2.59 bits per heavy atom. The molecule has 0 spiro atoms. The Balaban J connectivity index is 1.88. The van der Waals surface area contributed by atoms with Gasteiger partial charge in [-0.1, -0.05) is 26.0 Å². The van der Waals surface area contributed by atoms with Gasteiger partial charge in [0.05, 0.1) is 0 Å². The van der Waals surface area contributed by atoms with Gasteiger partial charge in [-0.2, -0.15) is 0 Å². The van der Waals surface area contributed by atoms with E-state index >= 15 is 0 Å². The largest absolute Gasteiger partial charge is 0.314 e. The first kappa shape index (κ1) is 13.1. The molecule has 0 amide bonds. The Morgan fingerprint density at radius 1 is 1.24 bits per heavy atom. The molecule has 3 atom stereocenters. The Bertz CT molecular complexity index is 254. The lowest BCUT2D eigenvalue weighted by atomic mass is 9.85. The summed E-state index contributed by atoms with van der Waals surface area (Å²) in [6.45, 7) is 9.54. The topological polar surface area (TPSA) is 15.3 Å². The van der Waals surface area contributed by atoms with Crippen molar-refractivity contribution in [3.05, 3.63) is 12.2 Å². The van der Waals surface area contributed by atoms with Gasteiger partial charge in [0.15, 0.2) is 0 Å². The zero-order valence-electron chi connectivity index (χ0n) is 11.7. The average Bonchev–Trinajstić information content (AvgIpc) is 2.85. The molecule has 0 radical (unpaired) electrons. The second kappa shape index (κ2) is 6.01. The van der Waals surface area contributed by atoms with E-state index in [1.54, 1.807) is 0 Å². The van der Waals surface area contributed by atoms with Crippen molar-refractivity contribution in [2.75, 3.05) is 13.1 Å². The van der Waals surface area contributed by atoms with Gasteiger partial charge in [0, 0.05) is 24.7 Å². The van der Waals surface area contributed by atoms with Crippen LogP contribution in [0.2, 0.25) is 0 Å². The predicted molar refractivity (Wildman–Crippen MR) is 74.2 cm³/mol. The highest BCUT2D eigenvalue weighted by molar-refractivity contribution is 5.02. The van der Waals surface area contributed by atoms with E-state index in [9.17, 15) is 0 Å². The van der Waals surface area contributed by atoms with Crippen LogP contribution < -0.4 is 5.32 Å². The van der Waals surface area contributed by atoms with Gasteiger partial charge < -0.3 is 5.32 Å². The van der Waals surface area contributed by atoms with Crippen molar-refractivity contribution in [1.82, 2.24) is 10.2 Å². The van der Waals surface area contributed by atoms with Crippen molar-refractivity contribution in [3.63, 3.8) is 0 Å². The van der Waals surface area contributed by atoms with E-state index in [2.05, 4.69) is 43.1 Å². The molecule has 2 aliphatic rings. The van der Waals surface area contributed by atoms with E-state index < -0.39 is 0 Å². The summed E-state index contributed by atoms with van der Waals surface area (Å²) in [5.74, 6) is 0.774.